The fourth-order valence-electron chi connectivity index (χ4n) is 1.45. The molecule has 4 nitrogen and oxygen atoms in total. The number of hydrogen-bond donors (Lipinski definition) is 1. The van der Waals surface area contributed by atoms with Gasteiger partial charge in [-0.1, -0.05) is 6.92 Å². The van der Waals surface area contributed by atoms with Crippen molar-refractivity contribution >= 4 is 10.0 Å². The van der Waals surface area contributed by atoms with Gasteiger partial charge in [0.25, 0.3) is 0 Å². The summed E-state index contributed by atoms with van der Waals surface area (Å²) in [5, 5.41) is 8.96. The van der Waals surface area contributed by atoms with Crippen LogP contribution in [0.15, 0.2) is 0 Å². The Morgan fingerprint density at radius 2 is 2.31 bits per heavy atom. The second-order valence-electron chi connectivity index (χ2n) is 3.51. The zero-order chi connectivity index (χ0) is 10.1. The second kappa shape index (κ2) is 3.89. The predicted molar refractivity (Wildman–Crippen MR) is 46.5 cm³/mol. The van der Waals surface area contributed by atoms with E-state index in [2.05, 4.69) is 0 Å². The number of hydrogen-bond acceptors (Lipinski definition) is 3. The van der Waals surface area contributed by atoms with Crippen LogP contribution < -0.4 is 0 Å². The number of rotatable bonds is 3. The second-order valence-corrected chi connectivity index (χ2v) is 5.52. The third-order valence-electron chi connectivity index (χ3n) is 2.00. The monoisotopic (exact) mass is 211 g/mol. The van der Waals surface area contributed by atoms with Crippen LogP contribution >= 0.6 is 0 Å². The van der Waals surface area contributed by atoms with Crippen molar-refractivity contribution in [3.8, 4) is 0 Å². The van der Waals surface area contributed by atoms with Crippen LogP contribution in [0.2, 0.25) is 0 Å². The van der Waals surface area contributed by atoms with Gasteiger partial charge < -0.3 is 5.11 Å². The molecular weight excluding hydrogens is 197 g/mol. The Balaban J connectivity index is 2.60. The highest BCUT2D eigenvalue weighted by Gasteiger charge is 2.34. The summed E-state index contributed by atoms with van der Waals surface area (Å²) in [7, 11) is -3.23. The van der Waals surface area contributed by atoms with Crippen molar-refractivity contribution in [1.29, 1.82) is 0 Å². The number of alkyl halides is 1. The van der Waals surface area contributed by atoms with Crippen LogP contribution in [0, 0.1) is 5.92 Å². The van der Waals surface area contributed by atoms with Gasteiger partial charge in [-0.2, -0.15) is 4.31 Å². The van der Waals surface area contributed by atoms with Crippen LogP contribution in [0.3, 0.4) is 0 Å². The SMILES string of the molecule is CC1CN(CC(O)CF)S(=O)(=O)C1. The first-order valence-corrected chi connectivity index (χ1v) is 5.78. The van der Waals surface area contributed by atoms with Crippen LogP contribution in [-0.4, -0.2) is 49.5 Å². The molecule has 1 aliphatic heterocycles. The lowest BCUT2D eigenvalue weighted by atomic mass is 10.2. The van der Waals surface area contributed by atoms with Crippen molar-refractivity contribution in [2.45, 2.75) is 13.0 Å². The number of sulfonamides is 1. The van der Waals surface area contributed by atoms with E-state index in [9.17, 15) is 12.8 Å². The zero-order valence-electron chi connectivity index (χ0n) is 7.48. The lowest BCUT2D eigenvalue weighted by molar-refractivity contribution is 0.117. The average molecular weight is 211 g/mol. The van der Waals surface area contributed by atoms with E-state index in [4.69, 9.17) is 5.11 Å². The van der Waals surface area contributed by atoms with Crippen LogP contribution in [0.4, 0.5) is 4.39 Å². The van der Waals surface area contributed by atoms with Crippen LogP contribution in [-0.2, 0) is 10.0 Å². The molecule has 0 saturated carbocycles. The standard InChI is InChI=1S/C7H14FNO3S/c1-6-3-9(4-7(10)2-8)13(11,12)5-6/h6-7,10H,2-5H2,1H3. The van der Waals surface area contributed by atoms with E-state index in [0.29, 0.717) is 6.54 Å². The molecule has 78 valence electrons. The molecule has 1 heterocycles. The maximum Gasteiger partial charge on any atom is 0.214 e. The molecule has 6 heteroatoms. The van der Waals surface area contributed by atoms with Gasteiger partial charge in [-0.3, -0.25) is 0 Å². The molecule has 13 heavy (non-hydrogen) atoms. The van der Waals surface area contributed by atoms with Gasteiger partial charge in [0.05, 0.1) is 11.9 Å². The van der Waals surface area contributed by atoms with Crippen molar-refractivity contribution in [2.75, 3.05) is 25.5 Å². The van der Waals surface area contributed by atoms with E-state index in [1.54, 1.807) is 0 Å². The van der Waals surface area contributed by atoms with Gasteiger partial charge >= 0.3 is 0 Å². The Kier molecular flexibility index (Phi) is 3.26. The maximum atomic E-state index is 11.9. The van der Waals surface area contributed by atoms with Gasteiger partial charge in [0, 0.05) is 13.1 Å². The van der Waals surface area contributed by atoms with Crippen molar-refractivity contribution in [3.05, 3.63) is 0 Å². The minimum atomic E-state index is -3.23. The van der Waals surface area contributed by atoms with Crippen molar-refractivity contribution < 1.29 is 17.9 Å². The molecule has 0 aromatic rings. The topological polar surface area (TPSA) is 57.6 Å². The Bertz CT molecular complexity index is 267. The van der Waals surface area contributed by atoms with Crippen LogP contribution in [0.5, 0.6) is 0 Å². The van der Waals surface area contributed by atoms with Gasteiger partial charge in [-0.05, 0) is 5.92 Å². The fourth-order valence-corrected chi connectivity index (χ4v) is 3.37. The van der Waals surface area contributed by atoms with Crippen LogP contribution in [0.1, 0.15) is 6.92 Å². The first-order chi connectivity index (χ1) is 5.95. The molecule has 0 bridgehead atoms. The molecule has 1 aliphatic rings. The molecule has 0 aliphatic carbocycles. The molecule has 1 N–H and O–H groups in total. The van der Waals surface area contributed by atoms with Crippen molar-refractivity contribution in [2.24, 2.45) is 5.92 Å². The molecule has 0 aromatic heterocycles. The molecular formula is C7H14FNO3S. The van der Waals surface area contributed by atoms with Crippen molar-refractivity contribution in [3.63, 3.8) is 0 Å². The molecule has 0 amide bonds. The Hall–Kier alpha value is -0.200. The Morgan fingerprint density at radius 3 is 2.69 bits per heavy atom. The van der Waals surface area contributed by atoms with Gasteiger partial charge in [0.15, 0.2) is 0 Å². The quantitative estimate of drug-likeness (QED) is 0.691. The largest absolute Gasteiger partial charge is 0.389 e. The number of β-amino-alcohol motifs (C(OH)–C–C–N with tert-alkyl or cyclic N) is 1. The zero-order valence-corrected chi connectivity index (χ0v) is 8.30. The average Bonchev–Trinajstić information content (AvgIpc) is 2.24. The third kappa shape index (κ3) is 2.62. The van der Waals surface area contributed by atoms with E-state index in [0.717, 1.165) is 4.31 Å². The molecule has 0 spiro atoms. The maximum absolute atomic E-state index is 11.9. The smallest absolute Gasteiger partial charge is 0.214 e. The van der Waals surface area contributed by atoms with E-state index in [-0.39, 0.29) is 18.2 Å². The normalized spacial score (nSPS) is 30.5. The van der Waals surface area contributed by atoms with E-state index in [1.807, 2.05) is 6.92 Å². The van der Waals surface area contributed by atoms with Gasteiger partial charge in [-0.15, -0.1) is 0 Å². The van der Waals surface area contributed by atoms with Gasteiger partial charge in [0.1, 0.15) is 6.67 Å². The molecule has 1 saturated heterocycles. The highest BCUT2D eigenvalue weighted by molar-refractivity contribution is 7.89. The van der Waals surface area contributed by atoms with E-state index >= 15 is 0 Å². The fraction of sp³-hybridized carbons (Fsp3) is 1.00. The number of aliphatic hydroxyl groups is 1. The minimum Gasteiger partial charge on any atom is -0.389 e. The number of nitrogens with zero attached hydrogens (tertiary/aromatic N) is 1. The van der Waals surface area contributed by atoms with E-state index < -0.39 is 22.8 Å². The summed E-state index contributed by atoms with van der Waals surface area (Å²) in [4.78, 5) is 0. The van der Waals surface area contributed by atoms with Crippen LogP contribution in [0.25, 0.3) is 0 Å². The highest BCUT2D eigenvalue weighted by atomic mass is 32.2. The molecule has 1 fully saturated rings. The summed E-state index contributed by atoms with van der Waals surface area (Å²) in [6, 6.07) is 0. The first-order valence-electron chi connectivity index (χ1n) is 4.17. The van der Waals surface area contributed by atoms with E-state index in [1.165, 1.54) is 0 Å². The molecule has 2 atom stereocenters. The summed E-state index contributed by atoms with van der Waals surface area (Å²) >= 11 is 0. The summed E-state index contributed by atoms with van der Waals surface area (Å²) in [6.07, 6.45) is -1.19. The van der Waals surface area contributed by atoms with Gasteiger partial charge in [-0.25, -0.2) is 12.8 Å². The lowest BCUT2D eigenvalue weighted by Gasteiger charge is -2.16. The Morgan fingerprint density at radius 1 is 1.69 bits per heavy atom. The predicted octanol–water partition coefficient (Wildman–Crippen LogP) is -0.402. The summed E-state index contributed by atoms with van der Waals surface area (Å²) in [5.74, 6) is 0.170. The molecule has 1 rings (SSSR count). The summed E-state index contributed by atoms with van der Waals surface area (Å²) in [6.45, 7) is 1.18. The number of aliphatic hydroxyl groups excluding tert-OH is 1. The molecule has 0 radical (unpaired) electrons. The highest BCUT2D eigenvalue weighted by Crippen LogP contribution is 2.18. The Labute approximate surface area is 77.4 Å². The summed E-state index contributed by atoms with van der Waals surface area (Å²) in [5.41, 5.74) is 0. The van der Waals surface area contributed by atoms with Crippen molar-refractivity contribution in [1.82, 2.24) is 4.31 Å². The molecule has 2 unspecified atom stereocenters. The van der Waals surface area contributed by atoms with Gasteiger partial charge in [0.2, 0.25) is 10.0 Å². The molecule has 0 aromatic carbocycles. The minimum absolute atomic E-state index is 0.0665. The number of halogens is 1. The lowest BCUT2D eigenvalue weighted by Crippen LogP contribution is -2.34. The first kappa shape index (κ1) is 10.9. The summed E-state index contributed by atoms with van der Waals surface area (Å²) < 4.78 is 35.7. The third-order valence-corrected chi connectivity index (χ3v) is 4.07.